The molecule has 1 aromatic carbocycles. The SMILES string of the molecule is CC1(C)[C@H]2CC[C@]1(C)c1c2c2c(c3c1[C@@H]1CC[C@@]3(C)C1(C)C)[C@@H]1CC[C@@]2(C)C1(C)C. The van der Waals surface area contributed by atoms with Crippen molar-refractivity contribution in [3.05, 3.63) is 33.4 Å². The molecule has 0 heterocycles. The fourth-order valence-electron chi connectivity index (χ4n) is 11.0. The van der Waals surface area contributed by atoms with Crippen LogP contribution in [0.3, 0.4) is 0 Å². The topological polar surface area (TPSA) is 0 Å². The van der Waals surface area contributed by atoms with E-state index in [-0.39, 0.29) is 0 Å². The van der Waals surface area contributed by atoms with E-state index in [0.717, 1.165) is 17.8 Å². The summed E-state index contributed by atoms with van der Waals surface area (Å²) in [6, 6.07) is 0. The van der Waals surface area contributed by atoms with E-state index in [1.54, 1.807) is 0 Å². The molecule has 3 fully saturated rings. The second-order valence-corrected chi connectivity index (χ2v) is 14.8. The van der Waals surface area contributed by atoms with Gasteiger partial charge in [-0.3, -0.25) is 0 Å². The van der Waals surface area contributed by atoms with Crippen molar-refractivity contribution >= 4 is 0 Å². The van der Waals surface area contributed by atoms with Crippen LogP contribution in [0, 0.1) is 16.2 Å². The molecule has 0 unspecified atom stereocenters. The largest absolute Gasteiger partial charge is 0.0585 e. The fraction of sp³-hybridized carbons (Fsp3) is 0.800. The Labute approximate surface area is 184 Å². The molecule has 3 saturated carbocycles. The Bertz CT molecular complexity index is 896. The van der Waals surface area contributed by atoms with Crippen LogP contribution in [0.5, 0.6) is 0 Å². The molecule has 0 amide bonds. The van der Waals surface area contributed by atoms with Crippen molar-refractivity contribution < 1.29 is 0 Å². The molecular weight excluding hydrogens is 360 g/mol. The summed E-state index contributed by atoms with van der Waals surface area (Å²) >= 11 is 0. The molecule has 7 rings (SSSR count). The zero-order valence-electron chi connectivity index (χ0n) is 21.0. The smallest absolute Gasteiger partial charge is 0.00122 e. The highest BCUT2D eigenvalue weighted by molar-refractivity contribution is 5.73. The highest BCUT2D eigenvalue weighted by Gasteiger charge is 2.71. The summed E-state index contributed by atoms with van der Waals surface area (Å²) in [6.07, 6.45) is 8.51. The second kappa shape index (κ2) is 4.49. The number of hydrogen-bond donors (Lipinski definition) is 0. The van der Waals surface area contributed by atoms with Gasteiger partial charge >= 0.3 is 0 Å². The summed E-state index contributed by atoms with van der Waals surface area (Å²) < 4.78 is 0. The van der Waals surface area contributed by atoms with Crippen molar-refractivity contribution in [3.8, 4) is 0 Å². The molecular formula is C30H42. The first kappa shape index (κ1) is 18.8. The van der Waals surface area contributed by atoms with Crippen LogP contribution in [-0.2, 0) is 16.2 Å². The predicted molar refractivity (Wildman–Crippen MR) is 126 cm³/mol. The van der Waals surface area contributed by atoms with Gasteiger partial charge in [-0.2, -0.15) is 0 Å². The van der Waals surface area contributed by atoms with Crippen molar-refractivity contribution in [2.45, 2.75) is 135 Å². The average molecular weight is 403 g/mol. The molecule has 1 aromatic rings. The summed E-state index contributed by atoms with van der Waals surface area (Å²) in [5.41, 5.74) is 13.8. The van der Waals surface area contributed by atoms with Gasteiger partial charge in [0.2, 0.25) is 0 Å². The van der Waals surface area contributed by atoms with Gasteiger partial charge in [0, 0.05) is 0 Å². The van der Waals surface area contributed by atoms with E-state index in [4.69, 9.17) is 0 Å². The van der Waals surface area contributed by atoms with Gasteiger partial charge < -0.3 is 0 Å². The Kier molecular flexibility index (Phi) is 2.81. The Morgan fingerprint density at radius 3 is 0.900 bits per heavy atom. The molecule has 0 aromatic heterocycles. The highest BCUT2D eigenvalue weighted by atomic mass is 14.7. The summed E-state index contributed by atoms with van der Waals surface area (Å²) in [6.45, 7) is 23.8. The fourth-order valence-corrected chi connectivity index (χ4v) is 11.0. The Morgan fingerprint density at radius 2 is 0.667 bits per heavy atom. The lowest BCUT2D eigenvalue weighted by Crippen LogP contribution is -2.34. The molecule has 0 nitrogen and oxygen atoms in total. The molecule has 30 heavy (non-hydrogen) atoms. The quantitative estimate of drug-likeness (QED) is 0.410. The van der Waals surface area contributed by atoms with Crippen LogP contribution < -0.4 is 0 Å². The van der Waals surface area contributed by atoms with Gasteiger partial charge in [0.15, 0.2) is 0 Å². The van der Waals surface area contributed by atoms with E-state index in [0.29, 0.717) is 32.5 Å². The van der Waals surface area contributed by atoms with Crippen LogP contribution in [0.1, 0.15) is 152 Å². The molecule has 0 spiro atoms. The van der Waals surface area contributed by atoms with Gasteiger partial charge in [-0.1, -0.05) is 62.3 Å². The lowest BCUT2D eigenvalue weighted by Gasteiger charge is -2.41. The van der Waals surface area contributed by atoms with Crippen molar-refractivity contribution in [2.75, 3.05) is 0 Å². The third-order valence-corrected chi connectivity index (χ3v) is 14.0. The molecule has 0 aliphatic heterocycles. The predicted octanol–water partition coefficient (Wildman–Crippen LogP) is 8.21. The summed E-state index contributed by atoms with van der Waals surface area (Å²) in [5, 5.41) is 0. The van der Waals surface area contributed by atoms with Crippen molar-refractivity contribution in [2.24, 2.45) is 16.2 Å². The Morgan fingerprint density at radius 1 is 0.433 bits per heavy atom. The van der Waals surface area contributed by atoms with Crippen molar-refractivity contribution in [3.63, 3.8) is 0 Å². The summed E-state index contributed by atoms with van der Waals surface area (Å²) in [5.74, 6) is 2.37. The van der Waals surface area contributed by atoms with Crippen LogP contribution in [-0.4, -0.2) is 0 Å². The summed E-state index contributed by atoms with van der Waals surface area (Å²) in [7, 11) is 0. The number of hydrogen-bond acceptors (Lipinski definition) is 0. The molecule has 162 valence electrons. The Hall–Kier alpha value is -0.780. The molecule has 6 aliphatic carbocycles. The normalized spacial score (nSPS) is 48.9. The lowest BCUT2D eigenvalue weighted by atomic mass is 9.63. The van der Waals surface area contributed by atoms with Crippen LogP contribution in [0.2, 0.25) is 0 Å². The van der Waals surface area contributed by atoms with E-state index in [1.807, 2.05) is 33.4 Å². The molecule has 6 atom stereocenters. The minimum absolute atomic E-state index is 0.380. The van der Waals surface area contributed by atoms with Gasteiger partial charge in [0.05, 0.1) is 0 Å². The first-order valence-corrected chi connectivity index (χ1v) is 13.0. The molecule has 0 N–H and O–H groups in total. The van der Waals surface area contributed by atoms with E-state index < -0.39 is 0 Å². The molecule has 0 saturated heterocycles. The van der Waals surface area contributed by atoms with Crippen molar-refractivity contribution in [1.29, 1.82) is 0 Å². The first-order chi connectivity index (χ1) is 13.8. The maximum atomic E-state index is 2.67. The number of rotatable bonds is 0. The maximum Gasteiger partial charge on any atom is -0.00122 e. The van der Waals surface area contributed by atoms with E-state index >= 15 is 0 Å². The van der Waals surface area contributed by atoms with E-state index in [9.17, 15) is 0 Å². The van der Waals surface area contributed by atoms with Gasteiger partial charge in [-0.05, 0) is 122 Å². The van der Waals surface area contributed by atoms with Crippen LogP contribution in [0.15, 0.2) is 0 Å². The molecule has 6 aliphatic rings. The Balaban J connectivity index is 1.70. The van der Waals surface area contributed by atoms with Gasteiger partial charge in [-0.25, -0.2) is 0 Å². The molecule has 0 radical (unpaired) electrons. The molecule has 0 heteroatoms. The maximum absolute atomic E-state index is 2.67. The number of benzene rings is 1. The van der Waals surface area contributed by atoms with Crippen LogP contribution in [0.4, 0.5) is 0 Å². The van der Waals surface area contributed by atoms with Crippen LogP contribution in [0.25, 0.3) is 0 Å². The minimum atomic E-state index is 0.380. The van der Waals surface area contributed by atoms with Gasteiger partial charge in [0.25, 0.3) is 0 Å². The van der Waals surface area contributed by atoms with E-state index in [2.05, 4.69) is 62.3 Å². The van der Waals surface area contributed by atoms with Gasteiger partial charge in [0.1, 0.15) is 0 Å². The second-order valence-electron chi connectivity index (χ2n) is 14.8. The highest BCUT2D eigenvalue weighted by Crippen LogP contribution is 2.81. The first-order valence-electron chi connectivity index (χ1n) is 13.0. The third-order valence-electron chi connectivity index (χ3n) is 14.0. The zero-order chi connectivity index (χ0) is 21.4. The van der Waals surface area contributed by atoms with Crippen LogP contribution >= 0.6 is 0 Å². The average Bonchev–Trinajstić information content (AvgIpc) is 3.28. The molecule has 6 bridgehead atoms. The standard InChI is InChI=1S/C30H42/c1-25(2)16-10-13-28(25,7)22-19(16)23-21(18-12-14-29(23,8)27(18,5)6)24-20(22)17-11-15-30(24,9)26(17,3)4/h16-18H,10-15H2,1-9H3/t16-,17-,18-,28+,29+,30+/m0/s1. The zero-order valence-corrected chi connectivity index (χ0v) is 21.0. The van der Waals surface area contributed by atoms with E-state index in [1.165, 1.54) is 38.5 Å². The monoisotopic (exact) mass is 402 g/mol. The van der Waals surface area contributed by atoms with Gasteiger partial charge in [-0.15, -0.1) is 0 Å². The summed E-state index contributed by atoms with van der Waals surface area (Å²) in [4.78, 5) is 0. The minimum Gasteiger partial charge on any atom is -0.0585 e. The van der Waals surface area contributed by atoms with Crippen molar-refractivity contribution in [1.82, 2.24) is 0 Å². The number of fused-ring (bicyclic) bond motifs is 18. The lowest BCUT2D eigenvalue weighted by molar-refractivity contribution is 0.222. The third kappa shape index (κ3) is 1.39.